The molecule has 0 spiro atoms. The fourth-order valence-corrected chi connectivity index (χ4v) is 2.35. The Morgan fingerprint density at radius 3 is 1.94 bits per heavy atom. The first-order valence-electron chi connectivity index (χ1n) is 6.63. The first kappa shape index (κ1) is 15.9. The zero-order chi connectivity index (χ0) is 12.4. The zero-order valence-corrected chi connectivity index (χ0v) is 11.8. The van der Waals surface area contributed by atoms with Gasteiger partial charge in [-0.3, -0.25) is 0 Å². The molecule has 2 atom stereocenters. The third-order valence-electron chi connectivity index (χ3n) is 3.13. The molecule has 0 aliphatic heterocycles. The van der Waals surface area contributed by atoms with Crippen molar-refractivity contribution in [1.82, 2.24) is 0 Å². The second-order valence-electron chi connectivity index (χ2n) is 5.20. The molecule has 0 saturated heterocycles. The Kier molecular flexibility index (Phi) is 10.0. The van der Waals surface area contributed by atoms with Gasteiger partial charge in [-0.1, -0.05) is 33.6 Å². The molecule has 0 aromatic rings. The highest BCUT2D eigenvalue weighted by molar-refractivity contribution is 4.71. The monoisotopic (exact) mass is 230 g/mol. The number of methoxy groups -OCH3 is 2. The van der Waals surface area contributed by atoms with Gasteiger partial charge in [0, 0.05) is 27.4 Å². The number of rotatable bonds is 10. The molecule has 0 radical (unpaired) electrons. The molecule has 98 valence electrons. The standard InChI is InChI=1S/C14H30O2/c1-6-7-8-13(10-15-4)14(11-16-5)9-12(2)3/h12-14H,6-11H2,1-5H3. The van der Waals surface area contributed by atoms with Gasteiger partial charge in [0.05, 0.1) is 0 Å². The molecule has 2 heteroatoms. The third kappa shape index (κ3) is 7.24. The summed E-state index contributed by atoms with van der Waals surface area (Å²) in [6, 6.07) is 0. The molecule has 0 aromatic heterocycles. The molecule has 0 heterocycles. The average Bonchev–Trinajstić information content (AvgIpc) is 2.23. The van der Waals surface area contributed by atoms with Gasteiger partial charge in [0.15, 0.2) is 0 Å². The van der Waals surface area contributed by atoms with Gasteiger partial charge in [0.2, 0.25) is 0 Å². The molecule has 0 amide bonds. The minimum Gasteiger partial charge on any atom is -0.384 e. The molecular formula is C14H30O2. The van der Waals surface area contributed by atoms with E-state index in [1.165, 1.54) is 25.7 Å². The predicted octanol–water partition coefficient (Wildman–Crippen LogP) is 3.75. The second kappa shape index (κ2) is 10.1. The van der Waals surface area contributed by atoms with Crippen LogP contribution in [-0.4, -0.2) is 27.4 Å². The minimum atomic E-state index is 0.650. The van der Waals surface area contributed by atoms with E-state index in [9.17, 15) is 0 Å². The van der Waals surface area contributed by atoms with Crippen molar-refractivity contribution >= 4 is 0 Å². The summed E-state index contributed by atoms with van der Waals surface area (Å²) < 4.78 is 10.7. The molecule has 0 aliphatic carbocycles. The van der Waals surface area contributed by atoms with Gasteiger partial charge in [0.25, 0.3) is 0 Å². The van der Waals surface area contributed by atoms with Gasteiger partial charge in [0.1, 0.15) is 0 Å². The van der Waals surface area contributed by atoms with Crippen molar-refractivity contribution in [1.29, 1.82) is 0 Å². The smallest absolute Gasteiger partial charge is 0.0494 e. The molecule has 2 nitrogen and oxygen atoms in total. The topological polar surface area (TPSA) is 18.5 Å². The summed E-state index contributed by atoms with van der Waals surface area (Å²) in [5, 5.41) is 0. The largest absolute Gasteiger partial charge is 0.384 e. The molecule has 0 fully saturated rings. The quantitative estimate of drug-likeness (QED) is 0.569. The van der Waals surface area contributed by atoms with Gasteiger partial charge < -0.3 is 9.47 Å². The normalized spacial score (nSPS) is 15.4. The molecular weight excluding hydrogens is 200 g/mol. The Balaban J connectivity index is 4.25. The number of hydrogen-bond acceptors (Lipinski definition) is 2. The Labute approximate surface area is 102 Å². The van der Waals surface area contributed by atoms with Crippen LogP contribution in [0.4, 0.5) is 0 Å². The molecule has 2 unspecified atom stereocenters. The Morgan fingerprint density at radius 2 is 1.50 bits per heavy atom. The summed E-state index contributed by atoms with van der Waals surface area (Å²) in [6.45, 7) is 8.56. The lowest BCUT2D eigenvalue weighted by molar-refractivity contribution is 0.0551. The predicted molar refractivity (Wildman–Crippen MR) is 69.7 cm³/mol. The van der Waals surface area contributed by atoms with Crippen LogP contribution in [0.3, 0.4) is 0 Å². The highest BCUT2D eigenvalue weighted by atomic mass is 16.5. The van der Waals surface area contributed by atoms with Gasteiger partial charge in [-0.25, -0.2) is 0 Å². The summed E-state index contributed by atoms with van der Waals surface area (Å²) in [7, 11) is 3.61. The first-order chi connectivity index (χ1) is 7.65. The SMILES string of the molecule is CCCCC(COC)C(COC)CC(C)C. The second-order valence-corrected chi connectivity index (χ2v) is 5.20. The van der Waals surface area contributed by atoms with E-state index in [0.717, 1.165) is 19.1 Å². The maximum atomic E-state index is 5.36. The summed E-state index contributed by atoms with van der Waals surface area (Å²) in [6.07, 6.45) is 5.07. The molecule has 0 aromatic carbocycles. The summed E-state index contributed by atoms with van der Waals surface area (Å²) in [5.41, 5.74) is 0. The maximum Gasteiger partial charge on any atom is 0.0494 e. The van der Waals surface area contributed by atoms with Crippen LogP contribution in [0, 0.1) is 17.8 Å². The third-order valence-corrected chi connectivity index (χ3v) is 3.13. The Bertz CT molecular complexity index is 146. The lowest BCUT2D eigenvalue weighted by Crippen LogP contribution is -2.25. The number of ether oxygens (including phenoxy) is 2. The van der Waals surface area contributed by atoms with Crippen LogP contribution in [0.1, 0.15) is 46.5 Å². The van der Waals surface area contributed by atoms with Crippen molar-refractivity contribution in [2.75, 3.05) is 27.4 Å². The Hall–Kier alpha value is -0.0800. The fourth-order valence-electron chi connectivity index (χ4n) is 2.35. The highest BCUT2D eigenvalue weighted by Crippen LogP contribution is 2.25. The van der Waals surface area contributed by atoms with Gasteiger partial charge >= 0.3 is 0 Å². The lowest BCUT2D eigenvalue weighted by atomic mass is 9.83. The molecule has 0 aliphatic rings. The zero-order valence-electron chi connectivity index (χ0n) is 11.8. The highest BCUT2D eigenvalue weighted by Gasteiger charge is 2.22. The van der Waals surface area contributed by atoms with Crippen molar-refractivity contribution in [2.45, 2.75) is 46.5 Å². The number of unbranched alkanes of at least 4 members (excludes halogenated alkanes) is 1. The summed E-state index contributed by atoms with van der Waals surface area (Å²) in [4.78, 5) is 0. The van der Waals surface area contributed by atoms with E-state index in [1.54, 1.807) is 14.2 Å². The molecule has 16 heavy (non-hydrogen) atoms. The van der Waals surface area contributed by atoms with Crippen LogP contribution < -0.4 is 0 Å². The minimum absolute atomic E-state index is 0.650. The van der Waals surface area contributed by atoms with E-state index in [4.69, 9.17) is 9.47 Å². The van der Waals surface area contributed by atoms with E-state index < -0.39 is 0 Å². The van der Waals surface area contributed by atoms with E-state index in [1.807, 2.05) is 0 Å². The van der Waals surface area contributed by atoms with Gasteiger partial charge in [-0.05, 0) is 30.6 Å². The molecule has 0 N–H and O–H groups in total. The van der Waals surface area contributed by atoms with Crippen LogP contribution in [0.15, 0.2) is 0 Å². The molecule has 0 saturated carbocycles. The lowest BCUT2D eigenvalue weighted by Gasteiger charge is -2.27. The van der Waals surface area contributed by atoms with Crippen LogP contribution in [0.5, 0.6) is 0 Å². The molecule has 0 bridgehead atoms. The number of hydrogen-bond donors (Lipinski definition) is 0. The van der Waals surface area contributed by atoms with Crippen molar-refractivity contribution in [2.24, 2.45) is 17.8 Å². The van der Waals surface area contributed by atoms with Crippen molar-refractivity contribution in [3.8, 4) is 0 Å². The maximum absolute atomic E-state index is 5.36. The Morgan fingerprint density at radius 1 is 0.938 bits per heavy atom. The van der Waals surface area contributed by atoms with Gasteiger partial charge in [-0.15, -0.1) is 0 Å². The van der Waals surface area contributed by atoms with Crippen LogP contribution >= 0.6 is 0 Å². The average molecular weight is 230 g/mol. The fraction of sp³-hybridized carbons (Fsp3) is 1.00. The summed E-state index contributed by atoms with van der Waals surface area (Å²) in [5.74, 6) is 2.05. The van der Waals surface area contributed by atoms with Crippen molar-refractivity contribution < 1.29 is 9.47 Å². The van der Waals surface area contributed by atoms with E-state index in [2.05, 4.69) is 20.8 Å². The van der Waals surface area contributed by atoms with E-state index in [0.29, 0.717) is 11.8 Å². The van der Waals surface area contributed by atoms with E-state index in [-0.39, 0.29) is 0 Å². The summed E-state index contributed by atoms with van der Waals surface area (Å²) >= 11 is 0. The molecule has 0 rings (SSSR count). The van der Waals surface area contributed by atoms with Crippen molar-refractivity contribution in [3.63, 3.8) is 0 Å². The van der Waals surface area contributed by atoms with Crippen LogP contribution in [-0.2, 0) is 9.47 Å². The van der Waals surface area contributed by atoms with Crippen LogP contribution in [0.25, 0.3) is 0 Å². The van der Waals surface area contributed by atoms with Gasteiger partial charge in [-0.2, -0.15) is 0 Å². The van der Waals surface area contributed by atoms with E-state index >= 15 is 0 Å². The first-order valence-corrected chi connectivity index (χ1v) is 6.63. The van der Waals surface area contributed by atoms with Crippen molar-refractivity contribution in [3.05, 3.63) is 0 Å². The van der Waals surface area contributed by atoms with Crippen LogP contribution in [0.2, 0.25) is 0 Å².